The average molecular weight is 256 g/mol. The van der Waals surface area contributed by atoms with E-state index in [0.29, 0.717) is 18.9 Å². The van der Waals surface area contributed by atoms with Crippen LogP contribution in [0.15, 0.2) is 23.7 Å². The highest BCUT2D eigenvalue weighted by Gasteiger charge is 2.17. The molecule has 5 heteroatoms. The fraction of sp³-hybridized carbons (Fsp3) is 0.333. The van der Waals surface area contributed by atoms with Crippen molar-refractivity contribution in [2.45, 2.75) is 6.42 Å². The van der Waals surface area contributed by atoms with Crippen molar-refractivity contribution in [3.05, 3.63) is 29.3 Å². The predicted molar refractivity (Wildman–Crippen MR) is 65.8 cm³/mol. The molecule has 0 saturated heterocycles. The minimum atomic E-state index is 0.252. The molecule has 1 heterocycles. The summed E-state index contributed by atoms with van der Waals surface area (Å²) in [5, 5.41) is 0. The summed E-state index contributed by atoms with van der Waals surface area (Å²) in [5.74, 6) is 2.21. The molecule has 17 heavy (non-hydrogen) atoms. The van der Waals surface area contributed by atoms with Crippen LogP contribution in [0.4, 0.5) is 0 Å². The lowest BCUT2D eigenvalue weighted by Crippen LogP contribution is -2.05. The maximum absolute atomic E-state index is 5.59. The Morgan fingerprint density at radius 3 is 2.82 bits per heavy atom. The Labute approximate surface area is 105 Å². The molecule has 2 N–H and O–H groups in total. The lowest BCUT2D eigenvalue weighted by Gasteiger charge is -2.10. The van der Waals surface area contributed by atoms with Crippen LogP contribution < -0.4 is 19.9 Å². The third-order valence-corrected chi connectivity index (χ3v) is 2.57. The zero-order valence-electron chi connectivity index (χ0n) is 9.32. The minimum absolute atomic E-state index is 0.252. The molecule has 0 amide bonds. The van der Waals surface area contributed by atoms with Gasteiger partial charge in [0.05, 0.1) is 0 Å². The van der Waals surface area contributed by atoms with Crippen molar-refractivity contribution in [1.29, 1.82) is 0 Å². The van der Waals surface area contributed by atoms with Crippen LogP contribution in [-0.2, 0) is 6.42 Å². The molecule has 0 spiro atoms. The number of hydrogen-bond acceptors (Lipinski definition) is 4. The molecule has 1 aliphatic rings. The molecule has 1 aromatic rings. The third kappa shape index (κ3) is 2.84. The number of halogens is 1. The molecule has 0 radical (unpaired) electrons. The summed E-state index contributed by atoms with van der Waals surface area (Å²) in [6, 6.07) is 3.74. The summed E-state index contributed by atoms with van der Waals surface area (Å²) in [7, 11) is 0. The van der Waals surface area contributed by atoms with E-state index in [1.54, 1.807) is 6.08 Å². The highest BCUT2D eigenvalue weighted by molar-refractivity contribution is 6.25. The molecule has 0 unspecified atom stereocenters. The average Bonchev–Trinajstić information content (AvgIpc) is 2.77. The number of rotatable bonds is 5. The maximum Gasteiger partial charge on any atom is 0.231 e. The van der Waals surface area contributed by atoms with Gasteiger partial charge in [0.15, 0.2) is 11.5 Å². The highest BCUT2D eigenvalue weighted by Crippen LogP contribution is 2.38. The van der Waals surface area contributed by atoms with Gasteiger partial charge in [-0.2, -0.15) is 0 Å². The zero-order chi connectivity index (χ0) is 12.1. The second-order valence-corrected chi connectivity index (χ2v) is 3.78. The second kappa shape index (κ2) is 5.80. The standard InChI is InChI=1S/C12H14ClNO3/c13-3-1-5-15-10-7-12-11(16-8-17-12)6-9(10)2-4-14/h1,3,6-7H,2,4-5,8,14H2. The summed E-state index contributed by atoms with van der Waals surface area (Å²) in [5.41, 5.74) is 8.01. The van der Waals surface area contributed by atoms with Crippen molar-refractivity contribution in [2.75, 3.05) is 19.9 Å². The Hall–Kier alpha value is -1.39. The van der Waals surface area contributed by atoms with Gasteiger partial charge in [0.25, 0.3) is 0 Å². The Morgan fingerprint density at radius 2 is 2.12 bits per heavy atom. The Balaban J connectivity index is 2.21. The second-order valence-electron chi connectivity index (χ2n) is 3.52. The fourth-order valence-electron chi connectivity index (χ4n) is 1.62. The Kier molecular flexibility index (Phi) is 4.12. The van der Waals surface area contributed by atoms with Gasteiger partial charge in [0, 0.05) is 11.6 Å². The molecule has 0 saturated carbocycles. The van der Waals surface area contributed by atoms with Crippen molar-refractivity contribution in [1.82, 2.24) is 0 Å². The molecule has 0 atom stereocenters. The molecule has 0 aliphatic carbocycles. The van der Waals surface area contributed by atoms with Crippen molar-refractivity contribution < 1.29 is 14.2 Å². The number of nitrogens with two attached hydrogens (primary N) is 1. The molecule has 1 aromatic carbocycles. The summed E-state index contributed by atoms with van der Waals surface area (Å²) in [4.78, 5) is 0. The van der Waals surface area contributed by atoms with Gasteiger partial charge in [-0.05, 0) is 30.7 Å². The first-order valence-electron chi connectivity index (χ1n) is 5.35. The van der Waals surface area contributed by atoms with Crippen LogP contribution >= 0.6 is 11.6 Å². The first-order chi connectivity index (χ1) is 8.35. The smallest absolute Gasteiger partial charge is 0.231 e. The van der Waals surface area contributed by atoms with Gasteiger partial charge in [0.2, 0.25) is 6.79 Å². The normalized spacial score (nSPS) is 13.3. The van der Waals surface area contributed by atoms with E-state index in [0.717, 1.165) is 23.5 Å². The molecule has 1 aliphatic heterocycles. The lowest BCUT2D eigenvalue weighted by molar-refractivity contribution is 0.174. The van der Waals surface area contributed by atoms with Crippen molar-refractivity contribution in [3.8, 4) is 17.2 Å². The first-order valence-corrected chi connectivity index (χ1v) is 5.79. The van der Waals surface area contributed by atoms with E-state index in [9.17, 15) is 0 Å². The molecule has 2 rings (SSSR count). The quantitative estimate of drug-likeness (QED) is 0.875. The van der Waals surface area contributed by atoms with Gasteiger partial charge in [-0.25, -0.2) is 0 Å². The van der Waals surface area contributed by atoms with Crippen molar-refractivity contribution in [3.63, 3.8) is 0 Å². The SMILES string of the molecule is NCCc1cc2c(cc1OCC=CCl)OCO2. The van der Waals surface area contributed by atoms with Crippen LogP contribution in [0.2, 0.25) is 0 Å². The van der Waals surface area contributed by atoms with E-state index in [1.807, 2.05) is 12.1 Å². The van der Waals surface area contributed by atoms with E-state index < -0.39 is 0 Å². The first kappa shape index (κ1) is 12.1. The van der Waals surface area contributed by atoms with Gasteiger partial charge in [-0.3, -0.25) is 0 Å². The molecule has 4 nitrogen and oxygen atoms in total. The van der Waals surface area contributed by atoms with E-state index >= 15 is 0 Å². The van der Waals surface area contributed by atoms with Gasteiger partial charge < -0.3 is 19.9 Å². The molecule has 0 bridgehead atoms. The molecular weight excluding hydrogens is 242 g/mol. The van der Waals surface area contributed by atoms with Crippen LogP contribution in [0.5, 0.6) is 17.2 Å². The van der Waals surface area contributed by atoms with Gasteiger partial charge in [-0.15, -0.1) is 0 Å². The van der Waals surface area contributed by atoms with Crippen molar-refractivity contribution in [2.24, 2.45) is 5.73 Å². The fourth-order valence-corrected chi connectivity index (χ4v) is 1.70. The van der Waals surface area contributed by atoms with Gasteiger partial charge in [-0.1, -0.05) is 11.6 Å². The summed E-state index contributed by atoms with van der Waals surface area (Å²) >= 11 is 5.44. The van der Waals surface area contributed by atoms with Crippen LogP contribution in [0.3, 0.4) is 0 Å². The van der Waals surface area contributed by atoms with Crippen LogP contribution in [0.25, 0.3) is 0 Å². The Bertz CT molecular complexity index is 420. The van der Waals surface area contributed by atoms with Crippen LogP contribution in [0, 0.1) is 0 Å². The topological polar surface area (TPSA) is 53.7 Å². The molecule has 0 fully saturated rings. The number of hydrogen-bond donors (Lipinski definition) is 1. The molecular formula is C12H14ClNO3. The van der Waals surface area contributed by atoms with Gasteiger partial charge in [0.1, 0.15) is 12.4 Å². The van der Waals surface area contributed by atoms with E-state index in [4.69, 9.17) is 31.5 Å². The van der Waals surface area contributed by atoms with E-state index in [2.05, 4.69) is 0 Å². The zero-order valence-corrected chi connectivity index (χ0v) is 10.1. The van der Waals surface area contributed by atoms with E-state index in [1.165, 1.54) is 5.54 Å². The summed E-state index contributed by atoms with van der Waals surface area (Å²) in [6.45, 7) is 1.23. The lowest BCUT2D eigenvalue weighted by atomic mass is 10.1. The Morgan fingerprint density at radius 1 is 1.35 bits per heavy atom. The third-order valence-electron chi connectivity index (χ3n) is 2.39. The van der Waals surface area contributed by atoms with Gasteiger partial charge >= 0.3 is 0 Å². The molecule has 92 valence electrons. The largest absolute Gasteiger partial charge is 0.489 e. The number of ether oxygens (including phenoxy) is 3. The summed E-state index contributed by atoms with van der Waals surface area (Å²) in [6.07, 6.45) is 2.45. The number of fused-ring (bicyclic) bond motifs is 1. The maximum atomic E-state index is 5.59. The van der Waals surface area contributed by atoms with Crippen molar-refractivity contribution >= 4 is 11.6 Å². The minimum Gasteiger partial charge on any atom is -0.489 e. The predicted octanol–water partition coefficient (Wildman–Crippen LogP) is 2.05. The number of benzene rings is 1. The molecule has 0 aromatic heterocycles. The summed E-state index contributed by atoms with van der Waals surface area (Å²) < 4.78 is 16.2. The highest BCUT2D eigenvalue weighted by atomic mass is 35.5. The van der Waals surface area contributed by atoms with Crippen LogP contribution in [-0.4, -0.2) is 19.9 Å². The monoisotopic (exact) mass is 255 g/mol. The van der Waals surface area contributed by atoms with Crippen LogP contribution in [0.1, 0.15) is 5.56 Å². The van der Waals surface area contributed by atoms with E-state index in [-0.39, 0.29) is 6.79 Å².